The summed E-state index contributed by atoms with van der Waals surface area (Å²) in [7, 11) is 0. The van der Waals surface area contributed by atoms with Crippen LogP contribution in [0, 0.1) is 0 Å². The van der Waals surface area contributed by atoms with Crippen molar-refractivity contribution < 1.29 is 8.83 Å². The average molecular weight is 920 g/mol. The second-order valence-electron chi connectivity index (χ2n) is 18.7. The second-order valence-corrected chi connectivity index (χ2v) is 18.7. The van der Waals surface area contributed by atoms with Crippen LogP contribution in [0.15, 0.2) is 264 Å². The van der Waals surface area contributed by atoms with E-state index in [0.29, 0.717) is 0 Å². The van der Waals surface area contributed by atoms with Crippen molar-refractivity contribution in [3.63, 3.8) is 0 Å². The molecule has 0 radical (unpaired) electrons. The third kappa shape index (κ3) is 6.02. The minimum absolute atomic E-state index is 0.290. The Morgan fingerprint density at radius 2 is 0.861 bits per heavy atom. The Bertz CT molecular complexity index is 4190. The van der Waals surface area contributed by atoms with Crippen molar-refractivity contribution in [3.05, 3.63) is 255 Å². The fourth-order valence-corrected chi connectivity index (χ4v) is 11.8. The van der Waals surface area contributed by atoms with Gasteiger partial charge in [-0.05, 0) is 106 Å². The minimum atomic E-state index is -0.290. The normalized spacial score (nSPS) is 12.6. The first-order valence-electron chi connectivity index (χ1n) is 24.6. The first-order chi connectivity index (χ1) is 35.8. The van der Waals surface area contributed by atoms with Crippen molar-refractivity contribution in [2.45, 2.75) is 0 Å². The number of para-hydroxylation sites is 6. The van der Waals surface area contributed by atoms with Gasteiger partial charge in [-0.25, -0.2) is 0 Å². The van der Waals surface area contributed by atoms with E-state index in [2.05, 4.69) is 269 Å². The number of nitrogens with zero attached hydrogens (tertiary/aromatic N) is 3. The summed E-state index contributed by atoms with van der Waals surface area (Å²) in [6.45, 7) is -0.290. The van der Waals surface area contributed by atoms with Gasteiger partial charge in [0, 0.05) is 72.4 Å². The van der Waals surface area contributed by atoms with Crippen molar-refractivity contribution in [2.75, 3.05) is 14.7 Å². The molecule has 13 aromatic rings. The van der Waals surface area contributed by atoms with Gasteiger partial charge in [-0.1, -0.05) is 176 Å². The van der Waals surface area contributed by atoms with Gasteiger partial charge >= 0.3 is 0 Å². The van der Waals surface area contributed by atoms with Gasteiger partial charge in [0.05, 0.1) is 11.4 Å². The molecule has 0 fully saturated rings. The summed E-state index contributed by atoms with van der Waals surface area (Å²) in [6.07, 6.45) is 0. The molecule has 336 valence electrons. The zero-order valence-corrected chi connectivity index (χ0v) is 39.0. The van der Waals surface area contributed by atoms with Gasteiger partial charge in [-0.2, -0.15) is 0 Å². The Labute approximate surface area is 416 Å². The third-order valence-electron chi connectivity index (χ3n) is 14.8. The molecule has 0 unspecified atom stereocenters. The van der Waals surface area contributed by atoms with Gasteiger partial charge in [0.15, 0.2) is 5.58 Å². The van der Waals surface area contributed by atoms with E-state index in [4.69, 9.17) is 8.83 Å². The molecular weight excluding hydrogens is 878 g/mol. The minimum Gasteiger partial charge on any atom is -0.456 e. The molecule has 15 rings (SSSR count). The first kappa shape index (κ1) is 40.4. The SMILES string of the molecule is c1ccc(-c2cc3c4c(c2)N(c2ccccc2-c2ccccc2)c2c(c5oc6ccccc6c5c5c2oc2ccccc25)B4c2ccc(N(c4ccccc4)c4ccccc4)cc2N3c2ccccc2)cc1. The van der Waals surface area contributed by atoms with Crippen LogP contribution in [0.4, 0.5) is 51.2 Å². The van der Waals surface area contributed by atoms with Crippen LogP contribution in [0.25, 0.3) is 66.1 Å². The summed E-state index contributed by atoms with van der Waals surface area (Å²) in [6, 6.07) is 91.5. The highest BCUT2D eigenvalue weighted by Gasteiger charge is 2.48. The molecule has 11 aromatic carbocycles. The molecule has 0 bridgehead atoms. The molecule has 2 aliphatic heterocycles. The van der Waals surface area contributed by atoms with Crippen LogP contribution in [-0.2, 0) is 0 Å². The summed E-state index contributed by atoms with van der Waals surface area (Å²) in [4.78, 5) is 7.36. The van der Waals surface area contributed by atoms with Crippen LogP contribution in [-0.4, -0.2) is 6.71 Å². The lowest BCUT2D eigenvalue weighted by Crippen LogP contribution is -2.61. The van der Waals surface area contributed by atoms with E-state index in [1.54, 1.807) is 0 Å². The molecule has 0 saturated carbocycles. The van der Waals surface area contributed by atoms with E-state index in [9.17, 15) is 0 Å². The highest BCUT2D eigenvalue weighted by Crippen LogP contribution is 2.53. The van der Waals surface area contributed by atoms with Crippen LogP contribution in [0.2, 0.25) is 0 Å². The number of fused-ring (bicyclic) bond motifs is 13. The zero-order chi connectivity index (χ0) is 47.3. The van der Waals surface area contributed by atoms with Crippen molar-refractivity contribution in [1.82, 2.24) is 0 Å². The van der Waals surface area contributed by atoms with Gasteiger partial charge in [0.25, 0.3) is 6.71 Å². The number of anilines is 9. The average Bonchev–Trinajstić information content (AvgIpc) is 4.03. The summed E-state index contributed by atoms with van der Waals surface area (Å²) < 4.78 is 14.8. The van der Waals surface area contributed by atoms with Gasteiger partial charge < -0.3 is 23.5 Å². The highest BCUT2D eigenvalue weighted by atomic mass is 16.3. The quantitative estimate of drug-likeness (QED) is 0.149. The smallest absolute Gasteiger partial charge is 0.257 e. The highest BCUT2D eigenvalue weighted by molar-refractivity contribution is 7.02. The maximum absolute atomic E-state index is 7.39. The molecule has 72 heavy (non-hydrogen) atoms. The molecule has 0 atom stereocenters. The topological polar surface area (TPSA) is 36.0 Å². The molecule has 0 aliphatic carbocycles. The molecule has 6 heteroatoms. The van der Waals surface area contributed by atoms with Crippen LogP contribution < -0.4 is 31.1 Å². The van der Waals surface area contributed by atoms with Crippen molar-refractivity contribution in [1.29, 1.82) is 0 Å². The molecule has 0 N–H and O–H groups in total. The van der Waals surface area contributed by atoms with Crippen LogP contribution in [0.3, 0.4) is 0 Å². The zero-order valence-electron chi connectivity index (χ0n) is 39.0. The van der Waals surface area contributed by atoms with Gasteiger partial charge in [0.1, 0.15) is 16.7 Å². The van der Waals surface area contributed by atoms with Gasteiger partial charge in [-0.3, -0.25) is 0 Å². The van der Waals surface area contributed by atoms with Crippen LogP contribution in [0.1, 0.15) is 0 Å². The van der Waals surface area contributed by atoms with Crippen LogP contribution in [0.5, 0.6) is 0 Å². The van der Waals surface area contributed by atoms with E-state index >= 15 is 0 Å². The standard InChI is InChI=1S/C66H42BN3O2/c1-6-22-43(23-7-1)45-40-56-62-57(41-45)70(54-35-19-16-32-50(54)44-24-8-2-9-25-44)64-63(65-60(51-33-17-20-36-58(51)71-65)61-52-34-18-21-37-59(52)72-66(61)64)67(62)53-39-38-49(42-55(53)69(56)48-30-14-5-15-31-48)68(46-26-10-3-11-27-46)47-28-12-4-13-29-47/h1-42H. The van der Waals surface area contributed by atoms with Gasteiger partial charge in [-0.15, -0.1) is 0 Å². The molecule has 5 nitrogen and oxygen atoms in total. The lowest BCUT2D eigenvalue weighted by Gasteiger charge is -2.45. The molecule has 0 amide bonds. The molecule has 4 heterocycles. The fraction of sp³-hybridized carbons (Fsp3) is 0. The summed E-state index contributed by atoms with van der Waals surface area (Å²) >= 11 is 0. The number of rotatable bonds is 7. The lowest BCUT2D eigenvalue weighted by atomic mass is 9.33. The Morgan fingerprint density at radius 3 is 1.51 bits per heavy atom. The van der Waals surface area contributed by atoms with E-state index in [1.165, 1.54) is 10.9 Å². The Hall–Kier alpha value is -9.52. The van der Waals surface area contributed by atoms with Crippen molar-refractivity contribution >= 4 is 118 Å². The summed E-state index contributed by atoms with van der Waals surface area (Å²) in [5, 5.41) is 4.23. The predicted molar refractivity (Wildman–Crippen MR) is 301 cm³/mol. The second kappa shape index (κ2) is 16.0. The summed E-state index contributed by atoms with van der Waals surface area (Å²) in [5.74, 6) is 0. The monoisotopic (exact) mass is 919 g/mol. The number of benzene rings is 11. The Morgan fingerprint density at radius 1 is 0.347 bits per heavy atom. The predicted octanol–water partition coefficient (Wildman–Crippen LogP) is 16.4. The molecule has 0 spiro atoms. The largest absolute Gasteiger partial charge is 0.456 e. The maximum atomic E-state index is 7.39. The Kier molecular flexibility index (Phi) is 8.99. The molecular formula is C66H42BN3O2. The van der Waals surface area contributed by atoms with E-state index in [0.717, 1.165) is 123 Å². The van der Waals surface area contributed by atoms with Crippen LogP contribution >= 0.6 is 0 Å². The lowest BCUT2D eigenvalue weighted by molar-refractivity contribution is 0.665. The van der Waals surface area contributed by atoms with E-state index in [1.807, 2.05) is 0 Å². The molecule has 2 aromatic heterocycles. The first-order valence-corrected chi connectivity index (χ1v) is 24.6. The maximum Gasteiger partial charge on any atom is 0.257 e. The van der Waals surface area contributed by atoms with E-state index < -0.39 is 0 Å². The van der Waals surface area contributed by atoms with E-state index in [-0.39, 0.29) is 6.71 Å². The molecule has 0 saturated heterocycles. The number of hydrogen-bond acceptors (Lipinski definition) is 5. The Balaban J connectivity index is 1.14. The van der Waals surface area contributed by atoms with Crippen molar-refractivity contribution in [2.24, 2.45) is 0 Å². The number of hydrogen-bond donors (Lipinski definition) is 0. The van der Waals surface area contributed by atoms with Crippen molar-refractivity contribution in [3.8, 4) is 22.3 Å². The van der Waals surface area contributed by atoms with Gasteiger partial charge in [0.2, 0.25) is 0 Å². The summed E-state index contributed by atoms with van der Waals surface area (Å²) in [5.41, 5.74) is 20.8. The fourth-order valence-electron chi connectivity index (χ4n) is 11.8. The third-order valence-corrected chi connectivity index (χ3v) is 14.8. The number of furan rings is 2. The molecule has 2 aliphatic rings.